The van der Waals surface area contributed by atoms with Crippen molar-refractivity contribution in [3.8, 4) is 0 Å². The number of aromatic nitrogens is 2. The second kappa shape index (κ2) is 5.14. The van der Waals surface area contributed by atoms with Gasteiger partial charge in [0.15, 0.2) is 0 Å². The topological polar surface area (TPSA) is 49.6 Å². The average Bonchev–Trinajstić information content (AvgIpc) is 2.71. The first-order chi connectivity index (χ1) is 8.56. The van der Waals surface area contributed by atoms with E-state index >= 15 is 0 Å². The van der Waals surface area contributed by atoms with Crippen molar-refractivity contribution >= 4 is 11.6 Å². The van der Waals surface area contributed by atoms with Gasteiger partial charge in [-0.05, 0) is 26.2 Å². The van der Waals surface area contributed by atoms with Crippen LogP contribution in [0.3, 0.4) is 0 Å². The third-order valence-electron chi connectivity index (χ3n) is 2.49. The lowest BCUT2D eigenvalue weighted by molar-refractivity contribution is 0.0946. The van der Waals surface area contributed by atoms with Crippen LogP contribution in [0.4, 0.5) is 4.39 Å². The lowest BCUT2D eigenvalue weighted by Crippen LogP contribution is -2.31. The number of imidazole rings is 1. The second-order valence-electron chi connectivity index (χ2n) is 4.30. The summed E-state index contributed by atoms with van der Waals surface area (Å²) in [6.07, 6.45) is 2.81. The molecule has 0 aliphatic heterocycles. The van der Waals surface area contributed by atoms with E-state index in [1.165, 1.54) is 28.9 Å². The molecule has 6 heteroatoms. The van der Waals surface area contributed by atoms with E-state index in [9.17, 15) is 9.18 Å². The van der Waals surface area contributed by atoms with Gasteiger partial charge >= 0.3 is 0 Å². The number of amides is 1. The second-order valence-corrected chi connectivity index (χ2v) is 4.30. The molecule has 5 nitrogen and oxygen atoms in total. The van der Waals surface area contributed by atoms with E-state index in [1.54, 1.807) is 0 Å². The van der Waals surface area contributed by atoms with Gasteiger partial charge < -0.3 is 14.6 Å². The Balaban J connectivity index is 2.08. The first-order valence-electron chi connectivity index (χ1n) is 5.63. The maximum Gasteiger partial charge on any atom is 0.271 e. The molecule has 2 aromatic rings. The van der Waals surface area contributed by atoms with Crippen molar-refractivity contribution in [2.45, 2.75) is 0 Å². The molecule has 18 heavy (non-hydrogen) atoms. The smallest absolute Gasteiger partial charge is 0.271 e. The summed E-state index contributed by atoms with van der Waals surface area (Å²) in [6, 6.07) is 2.85. The van der Waals surface area contributed by atoms with Gasteiger partial charge in [-0.25, -0.2) is 9.37 Å². The number of hydrogen-bond donors (Lipinski definition) is 1. The number of carbonyl (C=O) groups is 1. The van der Waals surface area contributed by atoms with Gasteiger partial charge in [0.1, 0.15) is 17.2 Å². The Kier molecular flexibility index (Phi) is 3.57. The minimum atomic E-state index is -0.362. The van der Waals surface area contributed by atoms with Crippen LogP contribution < -0.4 is 5.32 Å². The molecule has 1 N–H and O–H groups in total. The lowest BCUT2D eigenvalue weighted by atomic mass is 10.4. The zero-order chi connectivity index (χ0) is 13.1. The van der Waals surface area contributed by atoms with Crippen LogP contribution in [0.1, 0.15) is 10.5 Å². The van der Waals surface area contributed by atoms with E-state index in [0.29, 0.717) is 17.9 Å². The Morgan fingerprint density at radius 3 is 2.94 bits per heavy atom. The number of likely N-dealkylation sites (N-methyl/N-ethyl adjacent to an activating group) is 1. The first-order valence-corrected chi connectivity index (χ1v) is 5.63. The van der Waals surface area contributed by atoms with E-state index < -0.39 is 0 Å². The van der Waals surface area contributed by atoms with Crippen molar-refractivity contribution < 1.29 is 9.18 Å². The van der Waals surface area contributed by atoms with Gasteiger partial charge in [0, 0.05) is 25.5 Å². The van der Waals surface area contributed by atoms with Crippen molar-refractivity contribution in [2.24, 2.45) is 0 Å². The maximum absolute atomic E-state index is 13.0. The normalized spacial score (nSPS) is 11.1. The molecular weight excluding hydrogens is 235 g/mol. The fraction of sp³-hybridized carbons (Fsp3) is 0.333. The molecule has 0 saturated heterocycles. The monoisotopic (exact) mass is 250 g/mol. The number of nitrogens with zero attached hydrogens (tertiary/aromatic N) is 3. The van der Waals surface area contributed by atoms with Crippen LogP contribution in [0.25, 0.3) is 5.65 Å². The minimum Gasteiger partial charge on any atom is -0.349 e. The maximum atomic E-state index is 13.0. The number of carbonyl (C=O) groups excluding carboxylic acids is 1. The molecule has 2 aromatic heterocycles. The van der Waals surface area contributed by atoms with Crippen LogP contribution in [0.15, 0.2) is 24.5 Å². The number of hydrogen-bond acceptors (Lipinski definition) is 3. The highest BCUT2D eigenvalue weighted by Crippen LogP contribution is 2.06. The number of nitrogens with one attached hydrogen (secondary N) is 1. The van der Waals surface area contributed by atoms with Crippen molar-refractivity contribution in [3.05, 3.63) is 36.0 Å². The summed E-state index contributed by atoms with van der Waals surface area (Å²) in [7, 11) is 3.86. The molecule has 0 unspecified atom stereocenters. The van der Waals surface area contributed by atoms with Gasteiger partial charge in [0.2, 0.25) is 0 Å². The molecule has 1 amide bonds. The van der Waals surface area contributed by atoms with Crippen LogP contribution in [0.5, 0.6) is 0 Å². The minimum absolute atomic E-state index is 0.249. The summed E-state index contributed by atoms with van der Waals surface area (Å²) in [4.78, 5) is 17.9. The van der Waals surface area contributed by atoms with Crippen LogP contribution in [0, 0.1) is 5.82 Å². The highest BCUT2D eigenvalue weighted by molar-refractivity contribution is 5.92. The molecule has 0 radical (unpaired) electrons. The Morgan fingerprint density at radius 1 is 1.44 bits per heavy atom. The van der Waals surface area contributed by atoms with E-state index in [4.69, 9.17) is 0 Å². The standard InChI is InChI=1S/C12H15FN4O/c1-16(2)6-5-14-12(18)10-8-17-7-9(13)3-4-11(17)15-10/h3-4,7-8H,5-6H2,1-2H3,(H,14,18). The third-order valence-corrected chi connectivity index (χ3v) is 2.49. The average molecular weight is 250 g/mol. The summed E-state index contributed by atoms with van der Waals surface area (Å²) in [5, 5.41) is 2.76. The van der Waals surface area contributed by atoms with E-state index in [-0.39, 0.29) is 11.7 Å². The fourth-order valence-corrected chi connectivity index (χ4v) is 1.56. The Morgan fingerprint density at radius 2 is 2.22 bits per heavy atom. The van der Waals surface area contributed by atoms with Crippen molar-refractivity contribution in [1.29, 1.82) is 0 Å². The van der Waals surface area contributed by atoms with Crippen LogP contribution in [-0.4, -0.2) is 47.4 Å². The summed E-state index contributed by atoms with van der Waals surface area (Å²) < 4.78 is 14.5. The summed E-state index contributed by atoms with van der Waals surface area (Å²) >= 11 is 0. The Bertz CT molecular complexity index is 564. The molecule has 0 aliphatic carbocycles. The molecule has 0 aromatic carbocycles. The molecule has 0 atom stereocenters. The summed E-state index contributed by atoms with van der Waals surface area (Å²) in [5.41, 5.74) is 0.841. The van der Waals surface area contributed by atoms with Crippen LogP contribution >= 0.6 is 0 Å². The predicted octanol–water partition coefficient (Wildman–Crippen LogP) is 0.765. The summed E-state index contributed by atoms with van der Waals surface area (Å²) in [5.74, 6) is -0.611. The molecule has 0 fully saturated rings. The van der Waals surface area contributed by atoms with Gasteiger partial charge in [0.25, 0.3) is 5.91 Å². The van der Waals surface area contributed by atoms with Crippen molar-refractivity contribution in [3.63, 3.8) is 0 Å². The number of halogens is 1. The zero-order valence-electron chi connectivity index (χ0n) is 10.4. The van der Waals surface area contributed by atoms with Crippen LogP contribution in [-0.2, 0) is 0 Å². The molecule has 2 heterocycles. The Labute approximate surface area is 104 Å². The van der Waals surface area contributed by atoms with Gasteiger partial charge in [-0.1, -0.05) is 0 Å². The van der Waals surface area contributed by atoms with Gasteiger partial charge in [-0.3, -0.25) is 4.79 Å². The van der Waals surface area contributed by atoms with Gasteiger partial charge in [-0.2, -0.15) is 0 Å². The van der Waals surface area contributed by atoms with Crippen molar-refractivity contribution in [2.75, 3.05) is 27.2 Å². The van der Waals surface area contributed by atoms with E-state index in [2.05, 4.69) is 10.3 Å². The van der Waals surface area contributed by atoms with E-state index in [0.717, 1.165) is 6.54 Å². The molecule has 96 valence electrons. The Hall–Kier alpha value is -1.95. The van der Waals surface area contributed by atoms with Gasteiger partial charge in [-0.15, -0.1) is 0 Å². The van der Waals surface area contributed by atoms with Crippen molar-refractivity contribution in [1.82, 2.24) is 19.6 Å². The molecule has 0 aliphatic rings. The molecular formula is C12H15FN4O. The highest BCUT2D eigenvalue weighted by Gasteiger charge is 2.10. The quantitative estimate of drug-likeness (QED) is 0.871. The lowest BCUT2D eigenvalue weighted by Gasteiger charge is -2.09. The highest BCUT2D eigenvalue weighted by atomic mass is 19.1. The molecule has 0 saturated carbocycles. The van der Waals surface area contributed by atoms with Crippen LogP contribution in [0.2, 0.25) is 0 Å². The van der Waals surface area contributed by atoms with E-state index in [1.807, 2.05) is 19.0 Å². The van der Waals surface area contributed by atoms with Gasteiger partial charge in [0.05, 0.1) is 0 Å². The molecule has 2 rings (SSSR count). The number of pyridine rings is 1. The molecule has 0 spiro atoms. The summed E-state index contributed by atoms with van der Waals surface area (Å²) in [6.45, 7) is 1.31. The predicted molar refractivity (Wildman–Crippen MR) is 66.0 cm³/mol. The third kappa shape index (κ3) is 2.84. The largest absolute Gasteiger partial charge is 0.349 e. The number of rotatable bonds is 4. The zero-order valence-corrected chi connectivity index (χ0v) is 10.4. The SMILES string of the molecule is CN(C)CCNC(=O)c1cn2cc(F)ccc2n1. The number of fused-ring (bicyclic) bond motifs is 1. The fourth-order valence-electron chi connectivity index (χ4n) is 1.56. The first kappa shape index (κ1) is 12.5. The molecule has 0 bridgehead atoms.